The average molecular weight is 244 g/mol. The molecular weight excluding hydrogens is 232 g/mol. The van der Waals surface area contributed by atoms with E-state index >= 15 is 0 Å². The van der Waals surface area contributed by atoms with E-state index in [0.717, 1.165) is 10.0 Å². The predicted octanol–water partition coefficient (Wildman–Crippen LogP) is 1.92. The first kappa shape index (κ1) is 12.3. The molecule has 0 fully saturated rings. The Hall–Kier alpha value is -0.820. The lowest BCUT2D eigenvalue weighted by Gasteiger charge is -1.87. The molecule has 2 aromatic heterocycles. The van der Waals surface area contributed by atoms with E-state index in [1.807, 2.05) is 10.8 Å². The van der Waals surface area contributed by atoms with Crippen LogP contribution in [0.3, 0.4) is 0 Å². The molecule has 2 heterocycles. The van der Waals surface area contributed by atoms with Gasteiger partial charge in [0.1, 0.15) is 10.0 Å². The molecule has 0 aromatic carbocycles. The lowest BCUT2D eigenvalue weighted by atomic mass is 10.7. The van der Waals surface area contributed by atoms with Crippen LogP contribution in [0.1, 0.15) is 10.0 Å². The third-order valence-electron chi connectivity index (χ3n) is 1.37. The Morgan fingerprint density at radius 1 is 1.20 bits per heavy atom. The van der Waals surface area contributed by atoms with Gasteiger partial charge in [-0.3, -0.25) is 0 Å². The normalized spacial score (nSPS) is 9.47. The van der Waals surface area contributed by atoms with Gasteiger partial charge in [0.25, 0.3) is 0 Å². The molecular formula is C9H12N2O2S2. The fraction of sp³-hybridized carbons (Fsp3) is 0.333. The zero-order valence-corrected chi connectivity index (χ0v) is 9.92. The Morgan fingerprint density at radius 3 is 2.13 bits per heavy atom. The van der Waals surface area contributed by atoms with Crippen molar-refractivity contribution in [3.8, 4) is 0 Å². The van der Waals surface area contributed by atoms with Gasteiger partial charge < -0.3 is 9.84 Å². The van der Waals surface area contributed by atoms with E-state index in [2.05, 4.69) is 9.97 Å². The Kier molecular flexibility index (Phi) is 6.10. The van der Waals surface area contributed by atoms with E-state index in [4.69, 9.17) is 9.84 Å². The summed E-state index contributed by atoms with van der Waals surface area (Å²) < 4.78 is 4.83. The highest BCUT2D eigenvalue weighted by molar-refractivity contribution is 7.09. The smallest absolute Gasteiger partial charge is 0.118 e. The van der Waals surface area contributed by atoms with Crippen LogP contribution in [0, 0.1) is 0 Å². The molecule has 82 valence electrons. The van der Waals surface area contributed by atoms with Crippen molar-refractivity contribution >= 4 is 22.7 Å². The second-order valence-corrected chi connectivity index (χ2v) is 4.40. The number of hydrogen-bond acceptors (Lipinski definition) is 6. The van der Waals surface area contributed by atoms with Crippen LogP contribution >= 0.6 is 22.7 Å². The molecule has 0 unspecified atom stereocenters. The average Bonchev–Trinajstić information content (AvgIpc) is 2.91. The van der Waals surface area contributed by atoms with Crippen LogP contribution in [-0.4, -0.2) is 22.2 Å². The van der Waals surface area contributed by atoms with E-state index in [-0.39, 0.29) is 6.61 Å². The second-order valence-electron chi connectivity index (χ2n) is 2.44. The molecule has 0 bridgehead atoms. The molecule has 4 nitrogen and oxygen atoms in total. The van der Waals surface area contributed by atoms with E-state index < -0.39 is 0 Å². The van der Waals surface area contributed by atoms with Crippen molar-refractivity contribution in [3.63, 3.8) is 0 Å². The quantitative estimate of drug-likeness (QED) is 0.896. The Balaban J connectivity index is 0.000000151. The minimum atomic E-state index is 0.0671. The van der Waals surface area contributed by atoms with E-state index in [1.54, 1.807) is 30.8 Å². The number of rotatable bonds is 3. The van der Waals surface area contributed by atoms with Crippen LogP contribution in [-0.2, 0) is 18.0 Å². The summed E-state index contributed by atoms with van der Waals surface area (Å²) in [6.45, 7) is 0.704. The maximum absolute atomic E-state index is 8.37. The Morgan fingerprint density at radius 2 is 1.80 bits per heavy atom. The fourth-order valence-corrected chi connectivity index (χ4v) is 1.84. The molecule has 2 aromatic rings. The number of aromatic nitrogens is 2. The second kappa shape index (κ2) is 7.47. The highest BCUT2D eigenvalue weighted by Crippen LogP contribution is 2.03. The zero-order valence-electron chi connectivity index (χ0n) is 8.29. The van der Waals surface area contributed by atoms with E-state index in [0.29, 0.717) is 6.61 Å². The van der Waals surface area contributed by atoms with Gasteiger partial charge in [-0.1, -0.05) is 0 Å². The monoisotopic (exact) mass is 244 g/mol. The number of aliphatic hydroxyl groups is 1. The van der Waals surface area contributed by atoms with Crippen molar-refractivity contribution < 1.29 is 9.84 Å². The van der Waals surface area contributed by atoms with E-state index in [9.17, 15) is 0 Å². The van der Waals surface area contributed by atoms with Gasteiger partial charge in [-0.25, -0.2) is 9.97 Å². The summed E-state index contributed by atoms with van der Waals surface area (Å²) in [5.74, 6) is 0. The number of ether oxygens (including phenoxy) is 1. The summed E-state index contributed by atoms with van der Waals surface area (Å²) in [6.07, 6.45) is 3.45. The van der Waals surface area contributed by atoms with Crippen LogP contribution in [0.2, 0.25) is 0 Å². The third-order valence-corrected chi connectivity index (χ3v) is 2.89. The molecule has 0 spiro atoms. The number of aliphatic hydroxyl groups excluding tert-OH is 1. The first-order valence-electron chi connectivity index (χ1n) is 4.23. The number of thiazole rings is 2. The highest BCUT2D eigenvalue weighted by atomic mass is 32.1. The van der Waals surface area contributed by atoms with Crippen molar-refractivity contribution in [2.45, 2.75) is 13.2 Å². The van der Waals surface area contributed by atoms with Crippen molar-refractivity contribution in [2.24, 2.45) is 0 Å². The highest BCUT2D eigenvalue weighted by Gasteiger charge is 1.89. The van der Waals surface area contributed by atoms with Gasteiger partial charge in [0.2, 0.25) is 0 Å². The predicted molar refractivity (Wildman–Crippen MR) is 60.9 cm³/mol. The van der Waals surface area contributed by atoms with Gasteiger partial charge in [-0.2, -0.15) is 0 Å². The molecule has 0 aliphatic rings. The Bertz CT molecular complexity index is 335. The molecule has 0 aliphatic heterocycles. The van der Waals surface area contributed by atoms with Gasteiger partial charge in [0.05, 0.1) is 13.2 Å². The van der Waals surface area contributed by atoms with Gasteiger partial charge in [-0.05, 0) is 0 Å². The van der Waals surface area contributed by atoms with Crippen molar-refractivity contribution in [1.29, 1.82) is 0 Å². The summed E-state index contributed by atoms with van der Waals surface area (Å²) in [5, 5.41) is 14.0. The molecule has 15 heavy (non-hydrogen) atoms. The number of nitrogens with zero attached hydrogens (tertiary/aromatic N) is 2. The minimum absolute atomic E-state index is 0.0671. The first-order valence-corrected chi connectivity index (χ1v) is 5.99. The molecule has 0 saturated carbocycles. The summed E-state index contributed by atoms with van der Waals surface area (Å²) in [4.78, 5) is 7.80. The molecule has 0 aliphatic carbocycles. The lowest BCUT2D eigenvalue weighted by molar-refractivity contribution is 0.184. The molecule has 0 radical (unpaired) electrons. The van der Waals surface area contributed by atoms with Crippen LogP contribution in [0.5, 0.6) is 0 Å². The topological polar surface area (TPSA) is 55.2 Å². The minimum Gasteiger partial charge on any atom is -0.389 e. The third kappa shape index (κ3) is 4.98. The van der Waals surface area contributed by atoms with Crippen LogP contribution in [0.25, 0.3) is 0 Å². The number of hydrogen-bond donors (Lipinski definition) is 1. The van der Waals surface area contributed by atoms with Crippen LogP contribution in [0.15, 0.2) is 23.2 Å². The molecule has 2 rings (SSSR count). The summed E-state index contributed by atoms with van der Waals surface area (Å²) in [5.41, 5.74) is 0. The van der Waals surface area contributed by atoms with Crippen LogP contribution < -0.4 is 0 Å². The van der Waals surface area contributed by atoms with Crippen LogP contribution in [0.4, 0.5) is 0 Å². The standard InChI is InChI=1S/C5H7NOS.C4H5NOS/c1-7-4-5-6-2-3-8-5;6-3-4-5-1-2-7-4/h2-3H,4H2,1H3;1-2,6H,3H2. The van der Waals surface area contributed by atoms with Crippen molar-refractivity contribution in [2.75, 3.05) is 7.11 Å². The first-order chi connectivity index (χ1) is 7.36. The maximum Gasteiger partial charge on any atom is 0.118 e. The van der Waals surface area contributed by atoms with Gasteiger partial charge in [-0.15, -0.1) is 22.7 Å². The molecule has 0 atom stereocenters. The van der Waals surface area contributed by atoms with Crippen molar-refractivity contribution in [3.05, 3.63) is 33.2 Å². The SMILES string of the molecule is COCc1nccs1.OCc1nccs1. The van der Waals surface area contributed by atoms with Gasteiger partial charge >= 0.3 is 0 Å². The van der Waals surface area contributed by atoms with E-state index in [1.165, 1.54) is 11.3 Å². The largest absolute Gasteiger partial charge is 0.389 e. The van der Waals surface area contributed by atoms with Crippen molar-refractivity contribution in [1.82, 2.24) is 9.97 Å². The summed E-state index contributed by atoms with van der Waals surface area (Å²) in [7, 11) is 1.67. The molecule has 1 N–H and O–H groups in total. The molecule has 6 heteroatoms. The zero-order chi connectivity index (χ0) is 10.9. The lowest BCUT2D eigenvalue weighted by Crippen LogP contribution is -1.82. The Labute approximate surface area is 96.2 Å². The molecule has 0 saturated heterocycles. The number of methoxy groups -OCH3 is 1. The van der Waals surface area contributed by atoms with Gasteiger partial charge in [0.15, 0.2) is 0 Å². The molecule has 0 amide bonds. The fourth-order valence-electron chi connectivity index (χ4n) is 0.779. The summed E-state index contributed by atoms with van der Waals surface area (Å²) >= 11 is 3.07. The maximum atomic E-state index is 8.37. The summed E-state index contributed by atoms with van der Waals surface area (Å²) in [6, 6.07) is 0. The van der Waals surface area contributed by atoms with Gasteiger partial charge in [0, 0.05) is 30.3 Å².